The van der Waals surface area contributed by atoms with E-state index < -0.39 is 0 Å². The van der Waals surface area contributed by atoms with Crippen LogP contribution >= 0.6 is 0 Å². The number of nitrogens with zero attached hydrogens (tertiary/aromatic N) is 2. The molecule has 1 amide bonds. The first-order valence-corrected chi connectivity index (χ1v) is 10.6. The molecule has 0 spiro atoms. The van der Waals surface area contributed by atoms with Crippen LogP contribution in [-0.2, 0) is 17.9 Å². The van der Waals surface area contributed by atoms with Crippen LogP contribution in [0.15, 0.2) is 79.0 Å². The van der Waals surface area contributed by atoms with Gasteiger partial charge in [0.05, 0.1) is 6.54 Å². The van der Waals surface area contributed by atoms with Crippen LogP contribution in [0.4, 0.5) is 4.39 Å². The van der Waals surface area contributed by atoms with Crippen molar-refractivity contribution in [3.63, 3.8) is 0 Å². The van der Waals surface area contributed by atoms with Crippen molar-refractivity contribution in [1.82, 2.24) is 9.47 Å². The Hall–Kier alpha value is -3.14. The molecule has 0 N–H and O–H groups in total. The van der Waals surface area contributed by atoms with E-state index in [4.69, 9.17) is 0 Å². The van der Waals surface area contributed by atoms with Gasteiger partial charge in [-0.3, -0.25) is 4.79 Å². The van der Waals surface area contributed by atoms with Crippen molar-refractivity contribution in [1.29, 1.82) is 0 Å². The standard InChI is InChI=1S/C26H29FN2O/c1-2-3-7-17-29(26(30)16-15-22-10-5-4-6-11-22)21-25-14-9-18-28(25)20-23-12-8-13-24(27)19-23/h4-6,8-16,18-19H,2-3,7,17,20-21H2,1H3. The summed E-state index contributed by atoms with van der Waals surface area (Å²) in [5.41, 5.74) is 2.95. The highest BCUT2D eigenvalue weighted by Gasteiger charge is 2.13. The smallest absolute Gasteiger partial charge is 0.246 e. The number of hydrogen-bond donors (Lipinski definition) is 0. The highest BCUT2D eigenvalue weighted by molar-refractivity contribution is 5.91. The minimum Gasteiger partial charge on any atom is -0.345 e. The molecule has 156 valence electrons. The quantitative estimate of drug-likeness (QED) is 0.305. The predicted molar refractivity (Wildman–Crippen MR) is 120 cm³/mol. The van der Waals surface area contributed by atoms with Gasteiger partial charge in [-0.25, -0.2) is 4.39 Å². The third kappa shape index (κ3) is 6.45. The van der Waals surface area contributed by atoms with Gasteiger partial charge in [0.1, 0.15) is 5.82 Å². The Morgan fingerprint density at radius 2 is 1.87 bits per heavy atom. The van der Waals surface area contributed by atoms with Gasteiger partial charge >= 0.3 is 0 Å². The lowest BCUT2D eigenvalue weighted by Crippen LogP contribution is -2.31. The summed E-state index contributed by atoms with van der Waals surface area (Å²) in [6.45, 7) is 3.99. The molecule has 0 fully saturated rings. The lowest BCUT2D eigenvalue weighted by atomic mass is 10.2. The molecule has 0 saturated heterocycles. The van der Waals surface area contributed by atoms with Crippen molar-refractivity contribution in [2.75, 3.05) is 6.54 Å². The van der Waals surface area contributed by atoms with Crippen LogP contribution < -0.4 is 0 Å². The van der Waals surface area contributed by atoms with Crippen LogP contribution in [0.25, 0.3) is 6.08 Å². The van der Waals surface area contributed by atoms with E-state index in [2.05, 4.69) is 11.5 Å². The van der Waals surface area contributed by atoms with E-state index in [9.17, 15) is 9.18 Å². The molecule has 0 saturated carbocycles. The highest BCUT2D eigenvalue weighted by Crippen LogP contribution is 2.13. The second kappa shape index (κ2) is 11.1. The van der Waals surface area contributed by atoms with Crippen molar-refractivity contribution in [2.45, 2.75) is 39.3 Å². The molecule has 3 nitrogen and oxygen atoms in total. The lowest BCUT2D eigenvalue weighted by molar-refractivity contribution is -0.126. The van der Waals surface area contributed by atoms with E-state index in [1.807, 2.05) is 65.7 Å². The largest absolute Gasteiger partial charge is 0.345 e. The molecule has 30 heavy (non-hydrogen) atoms. The van der Waals surface area contributed by atoms with Crippen LogP contribution in [-0.4, -0.2) is 21.9 Å². The van der Waals surface area contributed by atoms with E-state index in [0.717, 1.165) is 42.6 Å². The molecule has 3 aromatic rings. The minimum atomic E-state index is -0.233. The molecular formula is C26H29FN2O. The number of rotatable bonds is 10. The Labute approximate surface area is 178 Å². The van der Waals surface area contributed by atoms with E-state index in [0.29, 0.717) is 13.1 Å². The molecule has 0 aliphatic rings. The number of hydrogen-bond acceptors (Lipinski definition) is 1. The summed E-state index contributed by atoms with van der Waals surface area (Å²) in [5, 5.41) is 0. The number of unbranched alkanes of at least 4 members (excludes halogenated alkanes) is 2. The van der Waals surface area contributed by atoms with Gasteiger partial charge in [-0.15, -0.1) is 0 Å². The number of benzene rings is 2. The highest BCUT2D eigenvalue weighted by atomic mass is 19.1. The summed E-state index contributed by atoms with van der Waals surface area (Å²) in [4.78, 5) is 14.8. The summed E-state index contributed by atoms with van der Waals surface area (Å²) in [6.07, 6.45) is 8.68. The Bertz CT molecular complexity index is 962. The first-order valence-electron chi connectivity index (χ1n) is 10.6. The molecule has 0 aliphatic heterocycles. The molecule has 0 atom stereocenters. The molecule has 4 heteroatoms. The van der Waals surface area contributed by atoms with E-state index in [1.165, 1.54) is 6.07 Å². The average molecular weight is 405 g/mol. The molecule has 0 bridgehead atoms. The van der Waals surface area contributed by atoms with Crippen LogP contribution in [0.2, 0.25) is 0 Å². The SMILES string of the molecule is CCCCCN(Cc1cccn1Cc1cccc(F)c1)C(=O)C=Cc1ccccc1. The molecule has 0 aliphatic carbocycles. The number of halogens is 1. The van der Waals surface area contributed by atoms with Crippen LogP contribution in [0.5, 0.6) is 0 Å². The monoisotopic (exact) mass is 404 g/mol. The number of carbonyl (C=O) groups excluding carboxylic acids is 1. The number of amides is 1. The average Bonchev–Trinajstić information content (AvgIpc) is 3.18. The zero-order chi connectivity index (χ0) is 21.2. The van der Waals surface area contributed by atoms with Gasteiger partial charge in [0.25, 0.3) is 0 Å². The van der Waals surface area contributed by atoms with E-state index >= 15 is 0 Å². The summed E-state index contributed by atoms with van der Waals surface area (Å²) in [7, 11) is 0. The van der Waals surface area contributed by atoms with Crippen molar-refractivity contribution in [3.8, 4) is 0 Å². The van der Waals surface area contributed by atoms with Crippen LogP contribution in [0, 0.1) is 5.82 Å². The zero-order valence-electron chi connectivity index (χ0n) is 17.5. The Balaban J connectivity index is 1.72. The summed E-state index contributed by atoms with van der Waals surface area (Å²) in [6, 6.07) is 20.5. The summed E-state index contributed by atoms with van der Waals surface area (Å²) >= 11 is 0. The first kappa shape index (κ1) is 21.6. The fraction of sp³-hybridized carbons (Fsp3) is 0.269. The van der Waals surface area contributed by atoms with Crippen LogP contribution in [0.1, 0.15) is 43.0 Å². The van der Waals surface area contributed by atoms with Crippen molar-refractivity contribution in [3.05, 3.63) is 102 Å². The maximum absolute atomic E-state index is 13.5. The van der Waals surface area contributed by atoms with Gasteiger partial charge in [0, 0.05) is 31.1 Å². The molecule has 0 radical (unpaired) electrons. The lowest BCUT2D eigenvalue weighted by Gasteiger charge is -2.22. The Morgan fingerprint density at radius 1 is 1.03 bits per heavy atom. The molecule has 0 unspecified atom stereocenters. The molecule has 2 aromatic carbocycles. The molecule has 3 rings (SSSR count). The van der Waals surface area contributed by atoms with E-state index in [1.54, 1.807) is 18.2 Å². The topological polar surface area (TPSA) is 25.2 Å². The molecule has 1 aromatic heterocycles. The molecule has 1 heterocycles. The van der Waals surface area contributed by atoms with Gasteiger partial charge in [-0.2, -0.15) is 0 Å². The van der Waals surface area contributed by atoms with Crippen molar-refractivity contribution >= 4 is 12.0 Å². The van der Waals surface area contributed by atoms with Gasteiger partial charge < -0.3 is 9.47 Å². The maximum atomic E-state index is 13.5. The van der Waals surface area contributed by atoms with Gasteiger partial charge in [-0.05, 0) is 47.9 Å². The Morgan fingerprint density at radius 3 is 2.63 bits per heavy atom. The Kier molecular flexibility index (Phi) is 8.02. The fourth-order valence-corrected chi connectivity index (χ4v) is 3.43. The summed E-state index contributed by atoms with van der Waals surface area (Å²) in [5.74, 6) is -0.225. The summed E-state index contributed by atoms with van der Waals surface area (Å²) < 4.78 is 15.6. The normalized spacial score (nSPS) is 11.1. The zero-order valence-corrected chi connectivity index (χ0v) is 17.5. The van der Waals surface area contributed by atoms with Crippen molar-refractivity contribution in [2.24, 2.45) is 0 Å². The second-order valence-electron chi connectivity index (χ2n) is 7.47. The van der Waals surface area contributed by atoms with Gasteiger partial charge in [0.2, 0.25) is 5.91 Å². The van der Waals surface area contributed by atoms with Gasteiger partial charge in [-0.1, -0.05) is 62.2 Å². The third-order valence-corrected chi connectivity index (χ3v) is 5.08. The minimum absolute atomic E-state index is 0.00783. The third-order valence-electron chi connectivity index (χ3n) is 5.08. The fourth-order valence-electron chi connectivity index (χ4n) is 3.43. The number of aromatic nitrogens is 1. The number of carbonyl (C=O) groups is 1. The predicted octanol–water partition coefficient (Wildman–Crippen LogP) is 5.91. The first-order chi connectivity index (χ1) is 14.7. The van der Waals surface area contributed by atoms with Crippen LogP contribution in [0.3, 0.4) is 0 Å². The molecular weight excluding hydrogens is 375 g/mol. The van der Waals surface area contributed by atoms with Crippen molar-refractivity contribution < 1.29 is 9.18 Å². The van der Waals surface area contributed by atoms with Gasteiger partial charge in [0.15, 0.2) is 0 Å². The maximum Gasteiger partial charge on any atom is 0.246 e. The van der Waals surface area contributed by atoms with E-state index in [-0.39, 0.29) is 11.7 Å². The second-order valence-corrected chi connectivity index (χ2v) is 7.47.